The summed E-state index contributed by atoms with van der Waals surface area (Å²) in [5.74, 6) is -0.131. The Hall–Kier alpha value is -2.34. The molecule has 1 fully saturated rings. The van der Waals surface area contributed by atoms with Crippen molar-refractivity contribution in [3.63, 3.8) is 0 Å². The summed E-state index contributed by atoms with van der Waals surface area (Å²) in [6, 6.07) is 3.54. The number of carbonyl (C=O) groups excluding carboxylic acids is 1. The van der Waals surface area contributed by atoms with Crippen molar-refractivity contribution < 1.29 is 9.53 Å². The van der Waals surface area contributed by atoms with Gasteiger partial charge in [0, 0.05) is 37.3 Å². The smallest absolute Gasteiger partial charge is 0.252 e. The molecular weight excluding hydrogens is 268 g/mol. The van der Waals surface area contributed by atoms with Crippen molar-refractivity contribution in [3.8, 4) is 11.3 Å². The fourth-order valence-electron chi connectivity index (χ4n) is 2.24. The van der Waals surface area contributed by atoms with E-state index in [1.165, 1.54) is 6.33 Å². The van der Waals surface area contributed by atoms with E-state index in [2.05, 4.69) is 20.3 Å². The molecule has 1 N–H and O–H groups in total. The number of hydrogen-bond acceptors (Lipinski definition) is 5. The first-order valence-electron chi connectivity index (χ1n) is 6.94. The molecule has 1 unspecified atom stereocenters. The van der Waals surface area contributed by atoms with E-state index in [9.17, 15) is 4.79 Å². The van der Waals surface area contributed by atoms with E-state index in [1.54, 1.807) is 30.7 Å². The summed E-state index contributed by atoms with van der Waals surface area (Å²) in [7, 11) is 0. The molecule has 1 amide bonds. The Bertz CT molecular complexity index is 595. The Morgan fingerprint density at radius 2 is 2.14 bits per heavy atom. The number of carbonyl (C=O) groups is 1. The molecule has 6 nitrogen and oxygen atoms in total. The van der Waals surface area contributed by atoms with Crippen LogP contribution in [0.3, 0.4) is 0 Å². The lowest BCUT2D eigenvalue weighted by Gasteiger charge is -2.10. The van der Waals surface area contributed by atoms with Gasteiger partial charge in [-0.3, -0.25) is 9.78 Å². The van der Waals surface area contributed by atoms with Gasteiger partial charge in [-0.2, -0.15) is 0 Å². The molecule has 0 bridgehead atoms. The van der Waals surface area contributed by atoms with Gasteiger partial charge in [-0.1, -0.05) is 0 Å². The molecule has 6 heteroatoms. The maximum absolute atomic E-state index is 12.0. The second-order valence-electron chi connectivity index (χ2n) is 4.90. The third-order valence-electron chi connectivity index (χ3n) is 3.40. The van der Waals surface area contributed by atoms with Crippen molar-refractivity contribution in [2.75, 3.05) is 13.2 Å². The van der Waals surface area contributed by atoms with Gasteiger partial charge in [-0.25, -0.2) is 9.97 Å². The van der Waals surface area contributed by atoms with Gasteiger partial charge < -0.3 is 10.1 Å². The number of amides is 1. The lowest BCUT2D eigenvalue weighted by Crippen LogP contribution is -2.31. The summed E-state index contributed by atoms with van der Waals surface area (Å²) in [5.41, 5.74) is 2.10. The Morgan fingerprint density at radius 3 is 2.81 bits per heavy atom. The molecule has 108 valence electrons. The quantitative estimate of drug-likeness (QED) is 0.919. The molecule has 0 aromatic carbocycles. The van der Waals surface area contributed by atoms with Crippen LogP contribution in [0, 0.1) is 0 Å². The first-order chi connectivity index (χ1) is 10.3. The topological polar surface area (TPSA) is 77.0 Å². The molecule has 2 aromatic heterocycles. The molecule has 3 rings (SSSR count). The van der Waals surface area contributed by atoms with Crippen LogP contribution in [0.5, 0.6) is 0 Å². The van der Waals surface area contributed by atoms with E-state index < -0.39 is 0 Å². The Balaban J connectivity index is 1.62. The summed E-state index contributed by atoms with van der Waals surface area (Å²) in [6.45, 7) is 1.34. The Morgan fingerprint density at radius 1 is 1.29 bits per heavy atom. The highest BCUT2D eigenvalue weighted by atomic mass is 16.5. The normalized spacial score (nSPS) is 17.6. The maximum atomic E-state index is 12.0. The van der Waals surface area contributed by atoms with Crippen molar-refractivity contribution >= 4 is 5.91 Å². The minimum Gasteiger partial charge on any atom is -0.376 e. The number of nitrogens with zero attached hydrogens (tertiary/aromatic N) is 3. The van der Waals surface area contributed by atoms with E-state index in [4.69, 9.17) is 4.74 Å². The molecule has 2 aromatic rings. The van der Waals surface area contributed by atoms with Gasteiger partial charge in [0.2, 0.25) is 0 Å². The molecule has 0 aliphatic carbocycles. The van der Waals surface area contributed by atoms with Crippen LogP contribution >= 0.6 is 0 Å². The lowest BCUT2D eigenvalue weighted by molar-refractivity contribution is 0.0857. The number of hydrogen-bond donors (Lipinski definition) is 1. The van der Waals surface area contributed by atoms with Gasteiger partial charge in [0.25, 0.3) is 5.91 Å². The number of ether oxygens (including phenoxy) is 1. The van der Waals surface area contributed by atoms with Crippen LogP contribution in [0.1, 0.15) is 23.2 Å². The standard InChI is InChI=1S/C15H16N4O2/c20-15(19-9-13-2-1-5-21-13)11-3-4-14(18-8-11)12-6-16-10-17-7-12/h3-4,6-8,10,13H,1-2,5,9H2,(H,19,20). The van der Waals surface area contributed by atoms with E-state index in [1.807, 2.05) is 0 Å². The highest BCUT2D eigenvalue weighted by molar-refractivity contribution is 5.94. The first-order valence-corrected chi connectivity index (χ1v) is 6.94. The van der Waals surface area contributed by atoms with Crippen molar-refractivity contribution in [1.29, 1.82) is 0 Å². The SMILES string of the molecule is O=C(NCC1CCCO1)c1ccc(-c2cncnc2)nc1. The summed E-state index contributed by atoms with van der Waals surface area (Å²) in [4.78, 5) is 24.2. The molecule has 1 aliphatic heterocycles. The van der Waals surface area contributed by atoms with Gasteiger partial charge >= 0.3 is 0 Å². The third-order valence-corrected chi connectivity index (χ3v) is 3.40. The van der Waals surface area contributed by atoms with Crippen LogP contribution in [0.4, 0.5) is 0 Å². The van der Waals surface area contributed by atoms with Crippen LogP contribution in [0.2, 0.25) is 0 Å². The van der Waals surface area contributed by atoms with E-state index in [0.29, 0.717) is 12.1 Å². The largest absolute Gasteiger partial charge is 0.376 e. The minimum atomic E-state index is -0.131. The van der Waals surface area contributed by atoms with Gasteiger partial charge in [-0.05, 0) is 25.0 Å². The second kappa shape index (κ2) is 6.41. The monoisotopic (exact) mass is 284 g/mol. The molecule has 1 saturated heterocycles. The van der Waals surface area contributed by atoms with E-state index in [-0.39, 0.29) is 12.0 Å². The number of nitrogens with one attached hydrogen (secondary N) is 1. The van der Waals surface area contributed by atoms with Crippen LogP contribution in [0.15, 0.2) is 37.1 Å². The highest BCUT2D eigenvalue weighted by Crippen LogP contribution is 2.14. The predicted molar refractivity (Wildman–Crippen MR) is 76.6 cm³/mol. The van der Waals surface area contributed by atoms with Crippen LogP contribution in [-0.4, -0.2) is 40.1 Å². The summed E-state index contributed by atoms with van der Waals surface area (Å²) < 4.78 is 5.47. The zero-order valence-corrected chi connectivity index (χ0v) is 11.5. The molecule has 0 spiro atoms. The second-order valence-corrected chi connectivity index (χ2v) is 4.90. The van der Waals surface area contributed by atoms with Crippen LogP contribution in [0.25, 0.3) is 11.3 Å². The molecule has 1 atom stereocenters. The Kier molecular flexibility index (Phi) is 4.16. The Labute approximate surface area is 122 Å². The zero-order valence-electron chi connectivity index (χ0n) is 11.5. The summed E-state index contributed by atoms with van der Waals surface area (Å²) >= 11 is 0. The molecule has 3 heterocycles. The molecule has 0 saturated carbocycles. The van der Waals surface area contributed by atoms with Crippen LogP contribution < -0.4 is 5.32 Å². The molecule has 21 heavy (non-hydrogen) atoms. The van der Waals surface area contributed by atoms with E-state index in [0.717, 1.165) is 30.7 Å². The molecule has 1 aliphatic rings. The maximum Gasteiger partial charge on any atom is 0.252 e. The minimum absolute atomic E-state index is 0.131. The number of rotatable bonds is 4. The van der Waals surface area contributed by atoms with Crippen LogP contribution in [-0.2, 0) is 4.74 Å². The average Bonchev–Trinajstić information content (AvgIpc) is 3.07. The van der Waals surface area contributed by atoms with E-state index >= 15 is 0 Å². The predicted octanol–water partition coefficient (Wildman–Crippen LogP) is 1.45. The summed E-state index contributed by atoms with van der Waals surface area (Å²) in [6.07, 6.45) is 8.62. The van der Waals surface area contributed by atoms with Crippen molar-refractivity contribution in [1.82, 2.24) is 20.3 Å². The molecule has 0 radical (unpaired) electrons. The number of pyridine rings is 1. The molecular formula is C15H16N4O2. The summed E-state index contributed by atoms with van der Waals surface area (Å²) in [5, 5.41) is 2.87. The van der Waals surface area contributed by atoms with Gasteiger partial charge in [0.15, 0.2) is 0 Å². The van der Waals surface area contributed by atoms with Crippen molar-refractivity contribution in [2.24, 2.45) is 0 Å². The average molecular weight is 284 g/mol. The zero-order chi connectivity index (χ0) is 14.5. The van der Waals surface area contributed by atoms with Gasteiger partial charge in [0.05, 0.1) is 17.4 Å². The first kappa shape index (κ1) is 13.6. The van der Waals surface area contributed by atoms with Gasteiger partial charge in [0.1, 0.15) is 6.33 Å². The van der Waals surface area contributed by atoms with Gasteiger partial charge in [-0.15, -0.1) is 0 Å². The highest BCUT2D eigenvalue weighted by Gasteiger charge is 2.16. The fourth-order valence-corrected chi connectivity index (χ4v) is 2.24. The third kappa shape index (κ3) is 3.41. The van der Waals surface area contributed by atoms with Crippen molar-refractivity contribution in [2.45, 2.75) is 18.9 Å². The number of aromatic nitrogens is 3. The lowest BCUT2D eigenvalue weighted by atomic mass is 10.2. The van der Waals surface area contributed by atoms with Crippen molar-refractivity contribution in [3.05, 3.63) is 42.6 Å². The fraction of sp³-hybridized carbons (Fsp3) is 0.333.